The van der Waals surface area contributed by atoms with Crippen LogP contribution in [0.5, 0.6) is 0 Å². The molecule has 0 fully saturated rings. The third kappa shape index (κ3) is 4.61. The maximum absolute atomic E-state index is 12.8. The number of nitrogens with one attached hydrogen (secondary N) is 3. The normalized spacial score (nSPS) is 11.8. The van der Waals surface area contributed by atoms with E-state index in [9.17, 15) is 9.59 Å². The van der Waals surface area contributed by atoms with Crippen molar-refractivity contribution in [3.63, 3.8) is 0 Å². The summed E-state index contributed by atoms with van der Waals surface area (Å²) in [5, 5.41) is 9.31. The largest absolute Gasteiger partial charge is 0.326 e. The summed E-state index contributed by atoms with van der Waals surface area (Å²) in [5.41, 5.74) is 2.00. The van der Waals surface area contributed by atoms with Crippen LogP contribution >= 0.6 is 0 Å². The highest BCUT2D eigenvalue weighted by atomic mass is 16.2. The number of hydrogen-bond donors (Lipinski definition) is 3. The standard InChI is InChI=1S/C21H22N4O2/c1-14(2)18(25-21(27)23-16-10-4-3-5-11-16)20(26)24-17-12-6-8-15-9-7-13-22-19(15)17/h3-14,18H,1-2H3,(H,24,26)(H2,23,25,27). The zero-order valence-electron chi connectivity index (χ0n) is 15.3. The maximum atomic E-state index is 12.8. The molecule has 0 aliphatic rings. The fourth-order valence-corrected chi connectivity index (χ4v) is 2.78. The Morgan fingerprint density at radius 1 is 0.889 bits per heavy atom. The molecule has 1 heterocycles. The van der Waals surface area contributed by atoms with Crippen LogP contribution in [-0.2, 0) is 4.79 Å². The lowest BCUT2D eigenvalue weighted by Crippen LogP contribution is -2.48. The highest BCUT2D eigenvalue weighted by molar-refractivity contribution is 6.04. The van der Waals surface area contributed by atoms with E-state index >= 15 is 0 Å². The van der Waals surface area contributed by atoms with Crippen molar-refractivity contribution in [1.29, 1.82) is 0 Å². The highest BCUT2D eigenvalue weighted by Gasteiger charge is 2.25. The summed E-state index contributed by atoms with van der Waals surface area (Å²) < 4.78 is 0. The molecule has 0 saturated heterocycles. The molecule has 3 aromatic rings. The minimum absolute atomic E-state index is 0.0885. The summed E-state index contributed by atoms with van der Waals surface area (Å²) in [6.45, 7) is 3.77. The topological polar surface area (TPSA) is 83.1 Å². The molecule has 138 valence electrons. The molecule has 0 aliphatic heterocycles. The van der Waals surface area contributed by atoms with Gasteiger partial charge in [-0.3, -0.25) is 9.78 Å². The van der Waals surface area contributed by atoms with Gasteiger partial charge in [-0.05, 0) is 30.2 Å². The Kier molecular flexibility index (Phi) is 5.66. The monoisotopic (exact) mass is 362 g/mol. The Bertz CT molecular complexity index is 936. The van der Waals surface area contributed by atoms with Gasteiger partial charge in [0.1, 0.15) is 6.04 Å². The molecule has 3 N–H and O–H groups in total. The second-order valence-corrected chi connectivity index (χ2v) is 6.56. The summed E-state index contributed by atoms with van der Waals surface area (Å²) in [4.78, 5) is 29.4. The van der Waals surface area contributed by atoms with Crippen molar-refractivity contribution >= 4 is 34.2 Å². The predicted molar refractivity (Wildman–Crippen MR) is 108 cm³/mol. The van der Waals surface area contributed by atoms with E-state index < -0.39 is 12.1 Å². The molecule has 1 atom stereocenters. The van der Waals surface area contributed by atoms with Crippen LogP contribution in [0.15, 0.2) is 66.9 Å². The van der Waals surface area contributed by atoms with Crippen molar-refractivity contribution in [2.45, 2.75) is 19.9 Å². The minimum Gasteiger partial charge on any atom is -0.326 e. The van der Waals surface area contributed by atoms with E-state index in [0.29, 0.717) is 16.9 Å². The number of amides is 3. The van der Waals surface area contributed by atoms with E-state index in [1.165, 1.54) is 0 Å². The first-order valence-corrected chi connectivity index (χ1v) is 8.82. The number of nitrogens with zero attached hydrogens (tertiary/aromatic N) is 1. The smallest absolute Gasteiger partial charge is 0.319 e. The first-order chi connectivity index (χ1) is 13.0. The lowest BCUT2D eigenvalue weighted by atomic mass is 10.0. The fourth-order valence-electron chi connectivity index (χ4n) is 2.78. The number of para-hydroxylation sites is 2. The average molecular weight is 362 g/mol. The van der Waals surface area contributed by atoms with Crippen LogP contribution in [0, 0.1) is 5.92 Å². The molecule has 0 spiro atoms. The number of hydrogen-bond acceptors (Lipinski definition) is 3. The highest BCUT2D eigenvalue weighted by Crippen LogP contribution is 2.21. The molecule has 1 aromatic heterocycles. The second kappa shape index (κ2) is 8.31. The summed E-state index contributed by atoms with van der Waals surface area (Å²) in [7, 11) is 0. The third-order valence-corrected chi connectivity index (χ3v) is 4.16. The van der Waals surface area contributed by atoms with E-state index in [4.69, 9.17) is 0 Å². The van der Waals surface area contributed by atoms with Gasteiger partial charge in [0.2, 0.25) is 5.91 Å². The summed E-state index contributed by atoms with van der Waals surface area (Å²) in [6, 6.07) is 17.4. The lowest BCUT2D eigenvalue weighted by molar-refractivity contribution is -0.118. The Morgan fingerprint density at radius 2 is 1.63 bits per heavy atom. The van der Waals surface area contributed by atoms with Crippen LogP contribution in [0.25, 0.3) is 10.9 Å². The lowest BCUT2D eigenvalue weighted by Gasteiger charge is -2.22. The number of carbonyl (C=O) groups excluding carboxylic acids is 2. The summed E-state index contributed by atoms with van der Waals surface area (Å²) >= 11 is 0. The van der Waals surface area contributed by atoms with E-state index in [-0.39, 0.29) is 11.8 Å². The molecule has 6 heteroatoms. The van der Waals surface area contributed by atoms with Gasteiger partial charge >= 0.3 is 6.03 Å². The predicted octanol–water partition coefficient (Wildman–Crippen LogP) is 4.02. The molecule has 0 saturated carbocycles. The van der Waals surface area contributed by atoms with Crippen molar-refractivity contribution < 1.29 is 9.59 Å². The number of pyridine rings is 1. The van der Waals surface area contributed by atoms with E-state index in [1.54, 1.807) is 24.4 Å². The Morgan fingerprint density at radius 3 is 2.37 bits per heavy atom. The zero-order chi connectivity index (χ0) is 19.2. The van der Waals surface area contributed by atoms with Crippen LogP contribution in [0.3, 0.4) is 0 Å². The molecule has 3 rings (SSSR count). The molecule has 0 radical (unpaired) electrons. The summed E-state index contributed by atoms with van der Waals surface area (Å²) in [5.74, 6) is -0.374. The van der Waals surface area contributed by atoms with E-state index in [1.807, 2.05) is 56.3 Å². The number of anilines is 2. The van der Waals surface area contributed by atoms with Gasteiger partial charge in [0.25, 0.3) is 0 Å². The molecule has 6 nitrogen and oxygen atoms in total. The number of aromatic nitrogens is 1. The number of fused-ring (bicyclic) bond motifs is 1. The van der Waals surface area contributed by atoms with E-state index in [2.05, 4.69) is 20.9 Å². The molecule has 3 amide bonds. The van der Waals surface area contributed by atoms with Gasteiger partial charge in [-0.2, -0.15) is 0 Å². The Hall–Kier alpha value is -3.41. The quantitative estimate of drug-likeness (QED) is 0.641. The third-order valence-electron chi connectivity index (χ3n) is 4.16. The number of carbonyl (C=O) groups is 2. The van der Waals surface area contributed by atoms with Crippen LogP contribution in [0.2, 0.25) is 0 Å². The number of rotatable bonds is 5. The van der Waals surface area contributed by atoms with Crippen molar-refractivity contribution in [2.75, 3.05) is 10.6 Å². The average Bonchev–Trinajstić information content (AvgIpc) is 2.67. The van der Waals surface area contributed by atoms with Gasteiger partial charge in [0, 0.05) is 17.3 Å². The van der Waals surface area contributed by atoms with Gasteiger partial charge in [-0.1, -0.05) is 50.2 Å². The zero-order valence-corrected chi connectivity index (χ0v) is 15.3. The van der Waals surface area contributed by atoms with Crippen molar-refractivity contribution in [2.24, 2.45) is 5.92 Å². The molecule has 0 aliphatic carbocycles. The van der Waals surface area contributed by atoms with Gasteiger partial charge < -0.3 is 16.0 Å². The van der Waals surface area contributed by atoms with Gasteiger partial charge in [0.05, 0.1) is 11.2 Å². The SMILES string of the molecule is CC(C)C(NC(=O)Nc1ccccc1)C(=O)Nc1cccc2cccnc12. The minimum atomic E-state index is -0.687. The first kappa shape index (κ1) is 18.4. The van der Waals surface area contributed by atoms with Crippen LogP contribution in [-0.4, -0.2) is 23.0 Å². The Balaban J connectivity index is 1.72. The molecule has 27 heavy (non-hydrogen) atoms. The Labute approximate surface area is 158 Å². The summed E-state index contributed by atoms with van der Waals surface area (Å²) in [6.07, 6.45) is 1.68. The fraction of sp³-hybridized carbons (Fsp3) is 0.190. The maximum Gasteiger partial charge on any atom is 0.319 e. The van der Waals surface area contributed by atoms with Crippen LogP contribution in [0.1, 0.15) is 13.8 Å². The van der Waals surface area contributed by atoms with E-state index in [0.717, 1.165) is 5.39 Å². The second-order valence-electron chi connectivity index (χ2n) is 6.56. The van der Waals surface area contributed by atoms with Gasteiger partial charge in [-0.15, -0.1) is 0 Å². The van der Waals surface area contributed by atoms with Crippen molar-refractivity contribution in [1.82, 2.24) is 10.3 Å². The number of benzene rings is 2. The molecule has 2 aromatic carbocycles. The molecular formula is C21H22N4O2. The van der Waals surface area contributed by atoms with Crippen LogP contribution in [0.4, 0.5) is 16.2 Å². The van der Waals surface area contributed by atoms with Gasteiger partial charge in [0.15, 0.2) is 0 Å². The van der Waals surface area contributed by atoms with Crippen LogP contribution < -0.4 is 16.0 Å². The molecule has 1 unspecified atom stereocenters. The van der Waals surface area contributed by atoms with Crippen molar-refractivity contribution in [3.8, 4) is 0 Å². The molecular weight excluding hydrogens is 340 g/mol. The van der Waals surface area contributed by atoms with Gasteiger partial charge in [-0.25, -0.2) is 4.79 Å². The van der Waals surface area contributed by atoms with Crippen molar-refractivity contribution in [3.05, 3.63) is 66.9 Å². The first-order valence-electron chi connectivity index (χ1n) is 8.82. The molecule has 0 bridgehead atoms. The number of urea groups is 1.